The van der Waals surface area contributed by atoms with Gasteiger partial charge in [-0.05, 0) is 74.4 Å². The molecule has 1 aliphatic rings. The fraction of sp³-hybridized carbons (Fsp3) is 0.296. The number of nitrogens with one attached hydrogen (secondary N) is 1. The molecule has 0 saturated carbocycles. The second-order valence-corrected chi connectivity index (χ2v) is 8.68. The number of benzene rings is 2. The number of rotatable bonds is 5. The number of anilines is 2. The zero-order chi connectivity index (χ0) is 24.9. The molecule has 1 aliphatic heterocycles. The average Bonchev–Trinajstić information content (AvgIpc) is 3.00. The van der Waals surface area contributed by atoms with Gasteiger partial charge in [-0.15, -0.1) is 0 Å². The van der Waals surface area contributed by atoms with Gasteiger partial charge in [0.1, 0.15) is 17.7 Å². The minimum Gasteiger partial charge on any atom is -0.370 e. The highest BCUT2D eigenvalue weighted by atomic mass is 19.1. The van der Waals surface area contributed by atoms with Crippen LogP contribution in [0.2, 0.25) is 0 Å². The molecule has 35 heavy (non-hydrogen) atoms. The predicted molar refractivity (Wildman–Crippen MR) is 133 cm³/mol. The highest BCUT2D eigenvalue weighted by Crippen LogP contribution is 2.30. The van der Waals surface area contributed by atoms with E-state index in [0.717, 1.165) is 49.5 Å². The van der Waals surface area contributed by atoms with Gasteiger partial charge in [0.25, 0.3) is 0 Å². The van der Waals surface area contributed by atoms with Crippen LogP contribution in [0, 0.1) is 42.3 Å². The van der Waals surface area contributed by atoms with E-state index in [4.69, 9.17) is 5.26 Å². The lowest BCUT2D eigenvalue weighted by atomic mass is 10.2. The van der Waals surface area contributed by atoms with Crippen LogP contribution in [0.4, 0.5) is 15.9 Å². The third kappa shape index (κ3) is 5.18. The van der Waals surface area contributed by atoms with E-state index in [-0.39, 0.29) is 18.3 Å². The normalized spacial score (nSPS) is 14.1. The first-order valence-electron chi connectivity index (χ1n) is 11.6. The van der Waals surface area contributed by atoms with E-state index in [0.29, 0.717) is 22.6 Å². The number of halogens is 1. The van der Waals surface area contributed by atoms with Crippen molar-refractivity contribution in [3.63, 3.8) is 0 Å². The molecule has 1 N–H and O–H groups in total. The number of hydrogen-bond donors (Lipinski definition) is 1. The molecule has 8 heteroatoms. The van der Waals surface area contributed by atoms with E-state index in [1.54, 1.807) is 16.7 Å². The summed E-state index contributed by atoms with van der Waals surface area (Å²) in [7, 11) is 0. The SMILES string of the molecule is Cc1c(C#N)c(NC(=O)CN2CCCN(c3ccc(C#N)cc3)CC2)n(-c2ccc(F)cc2)c1C. The Hall–Kier alpha value is -4.14. The van der Waals surface area contributed by atoms with Crippen molar-refractivity contribution < 1.29 is 9.18 Å². The Labute approximate surface area is 204 Å². The minimum absolute atomic E-state index is 0.200. The third-order valence-electron chi connectivity index (χ3n) is 6.49. The third-order valence-corrected chi connectivity index (χ3v) is 6.49. The number of aromatic nitrogens is 1. The summed E-state index contributed by atoms with van der Waals surface area (Å²) in [5.74, 6) is -0.139. The van der Waals surface area contributed by atoms with Crippen LogP contribution in [-0.2, 0) is 4.79 Å². The van der Waals surface area contributed by atoms with Crippen molar-refractivity contribution in [1.82, 2.24) is 9.47 Å². The average molecular weight is 471 g/mol. The lowest BCUT2D eigenvalue weighted by molar-refractivity contribution is -0.117. The quantitative estimate of drug-likeness (QED) is 0.606. The maximum Gasteiger partial charge on any atom is 0.239 e. The number of carbonyl (C=O) groups excluding carboxylic acids is 1. The van der Waals surface area contributed by atoms with Crippen LogP contribution in [0.3, 0.4) is 0 Å². The number of carbonyl (C=O) groups is 1. The Morgan fingerprint density at radius 3 is 2.29 bits per heavy atom. The Balaban J connectivity index is 1.47. The van der Waals surface area contributed by atoms with Gasteiger partial charge < -0.3 is 10.2 Å². The van der Waals surface area contributed by atoms with Crippen LogP contribution in [0.1, 0.15) is 28.8 Å². The smallest absolute Gasteiger partial charge is 0.239 e. The van der Waals surface area contributed by atoms with Crippen LogP contribution < -0.4 is 10.2 Å². The molecule has 0 atom stereocenters. The predicted octanol–water partition coefficient (Wildman–Crippen LogP) is 4.13. The molecular formula is C27H27FN6O. The highest BCUT2D eigenvalue weighted by molar-refractivity contribution is 5.93. The van der Waals surface area contributed by atoms with Gasteiger partial charge in [-0.3, -0.25) is 14.3 Å². The Morgan fingerprint density at radius 1 is 0.943 bits per heavy atom. The number of nitrogens with zero attached hydrogens (tertiary/aromatic N) is 5. The maximum atomic E-state index is 13.5. The molecule has 1 amide bonds. The lowest BCUT2D eigenvalue weighted by Gasteiger charge is -2.23. The van der Waals surface area contributed by atoms with Crippen molar-refractivity contribution in [2.75, 3.05) is 42.9 Å². The van der Waals surface area contributed by atoms with Crippen molar-refractivity contribution in [3.8, 4) is 17.8 Å². The van der Waals surface area contributed by atoms with E-state index in [1.807, 2.05) is 38.1 Å². The summed E-state index contributed by atoms with van der Waals surface area (Å²) in [6.45, 7) is 7.07. The van der Waals surface area contributed by atoms with Crippen molar-refractivity contribution in [2.24, 2.45) is 0 Å². The van der Waals surface area contributed by atoms with Crippen LogP contribution >= 0.6 is 0 Å². The monoisotopic (exact) mass is 470 g/mol. The molecule has 0 radical (unpaired) electrons. The molecule has 0 unspecified atom stereocenters. The Kier molecular flexibility index (Phi) is 7.14. The van der Waals surface area contributed by atoms with Gasteiger partial charge in [-0.2, -0.15) is 10.5 Å². The molecular weight excluding hydrogens is 443 g/mol. The van der Waals surface area contributed by atoms with Crippen LogP contribution in [0.25, 0.3) is 5.69 Å². The standard InChI is InChI=1S/C27H27FN6O/c1-19-20(2)34(24-10-6-22(28)7-11-24)27(25(19)17-30)31-26(35)18-32-12-3-13-33(15-14-32)23-8-4-21(16-29)5-9-23/h4-11H,3,12-15,18H2,1-2H3,(H,31,35). The van der Waals surface area contributed by atoms with Crippen molar-refractivity contribution >= 4 is 17.4 Å². The molecule has 1 saturated heterocycles. The number of hydrogen-bond acceptors (Lipinski definition) is 5. The van der Waals surface area contributed by atoms with Gasteiger partial charge in [-0.25, -0.2) is 4.39 Å². The number of nitriles is 2. The van der Waals surface area contributed by atoms with Crippen LogP contribution in [0.15, 0.2) is 48.5 Å². The first kappa shape index (κ1) is 24.0. The summed E-state index contributed by atoms with van der Waals surface area (Å²) >= 11 is 0. The van der Waals surface area contributed by atoms with Gasteiger partial charge >= 0.3 is 0 Å². The molecule has 4 rings (SSSR count). The van der Waals surface area contributed by atoms with Gasteiger partial charge in [-0.1, -0.05) is 0 Å². The van der Waals surface area contributed by atoms with Gasteiger partial charge in [0.2, 0.25) is 5.91 Å². The lowest BCUT2D eigenvalue weighted by Crippen LogP contribution is -2.36. The summed E-state index contributed by atoms with van der Waals surface area (Å²) in [6.07, 6.45) is 0.904. The molecule has 2 heterocycles. The van der Waals surface area contributed by atoms with Gasteiger partial charge in [0, 0.05) is 43.2 Å². The fourth-order valence-electron chi connectivity index (χ4n) is 4.48. The first-order chi connectivity index (χ1) is 16.9. The van der Waals surface area contributed by atoms with E-state index in [1.165, 1.54) is 12.1 Å². The van der Waals surface area contributed by atoms with E-state index in [2.05, 4.69) is 27.3 Å². The molecule has 1 aromatic heterocycles. The first-order valence-corrected chi connectivity index (χ1v) is 11.6. The topological polar surface area (TPSA) is 88.1 Å². The Bertz CT molecular complexity index is 1300. The molecule has 0 aliphatic carbocycles. The molecule has 0 spiro atoms. The number of amides is 1. The summed E-state index contributed by atoms with van der Waals surface area (Å²) in [5, 5.41) is 21.7. The molecule has 0 bridgehead atoms. The van der Waals surface area contributed by atoms with Crippen LogP contribution in [-0.4, -0.2) is 48.1 Å². The Morgan fingerprint density at radius 2 is 1.63 bits per heavy atom. The van der Waals surface area contributed by atoms with Gasteiger partial charge in [0.05, 0.1) is 23.7 Å². The molecule has 7 nitrogen and oxygen atoms in total. The zero-order valence-corrected chi connectivity index (χ0v) is 19.9. The second-order valence-electron chi connectivity index (χ2n) is 8.68. The minimum atomic E-state index is -0.349. The highest BCUT2D eigenvalue weighted by Gasteiger charge is 2.23. The zero-order valence-electron chi connectivity index (χ0n) is 19.9. The van der Waals surface area contributed by atoms with E-state index >= 15 is 0 Å². The molecule has 178 valence electrons. The molecule has 3 aromatic rings. The summed E-state index contributed by atoms with van der Waals surface area (Å²) in [5.41, 5.74) is 4.38. The summed E-state index contributed by atoms with van der Waals surface area (Å²) in [4.78, 5) is 17.4. The largest absolute Gasteiger partial charge is 0.370 e. The van der Waals surface area contributed by atoms with Crippen molar-refractivity contribution in [3.05, 3.63) is 76.7 Å². The molecule has 1 fully saturated rings. The van der Waals surface area contributed by atoms with Crippen molar-refractivity contribution in [2.45, 2.75) is 20.3 Å². The van der Waals surface area contributed by atoms with Crippen molar-refractivity contribution in [1.29, 1.82) is 10.5 Å². The molecule has 2 aromatic carbocycles. The van der Waals surface area contributed by atoms with E-state index < -0.39 is 0 Å². The van der Waals surface area contributed by atoms with Gasteiger partial charge in [0.15, 0.2) is 0 Å². The van der Waals surface area contributed by atoms with E-state index in [9.17, 15) is 14.4 Å². The summed E-state index contributed by atoms with van der Waals surface area (Å²) in [6, 6.07) is 17.9. The van der Waals surface area contributed by atoms with Crippen LogP contribution in [0.5, 0.6) is 0 Å². The maximum absolute atomic E-state index is 13.5. The second kappa shape index (κ2) is 10.4. The summed E-state index contributed by atoms with van der Waals surface area (Å²) < 4.78 is 15.3. The fourth-order valence-corrected chi connectivity index (χ4v) is 4.48.